The van der Waals surface area contributed by atoms with Gasteiger partial charge in [-0.1, -0.05) is 12.1 Å². The number of nitro groups is 1. The van der Waals surface area contributed by atoms with Gasteiger partial charge in [-0.2, -0.15) is 5.10 Å². The molecular weight excluding hydrogens is 302 g/mol. The Kier molecular flexibility index (Phi) is 5.08. The average molecular weight is 317 g/mol. The average Bonchev–Trinajstić information content (AvgIpc) is 2.83. The zero-order chi connectivity index (χ0) is 16.8. The van der Waals surface area contributed by atoms with E-state index < -0.39 is 10.8 Å². The third-order valence-corrected chi connectivity index (χ3v) is 2.89. The summed E-state index contributed by atoms with van der Waals surface area (Å²) in [4.78, 5) is 21.9. The number of nitrogens with zero attached hydrogens (tertiary/aromatic N) is 2. The SMILES string of the molecule is Cc1cc(/C=N\NC(=O)COc2ccccc2[N+](=O)[O-])c(C)o1. The van der Waals surface area contributed by atoms with Gasteiger partial charge in [0.15, 0.2) is 12.4 Å². The van der Waals surface area contributed by atoms with Crippen molar-refractivity contribution in [3.8, 4) is 5.75 Å². The van der Waals surface area contributed by atoms with E-state index in [1.807, 2.05) is 6.92 Å². The molecule has 0 fully saturated rings. The molecule has 0 saturated carbocycles. The smallest absolute Gasteiger partial charge is 0.310 e. The van der Waals surface area contributed by atoms with Gasteiger partial charge >= 0.3 is 5.69 Å². The normalized spacial score (nSPS) is 10.7. The lowest BCUT2D eigenvalue weighted by molar-refractivity contribution is -0.385. The molecule has 1 amide bonds. The van der Waals surface area contributed by atoms with E-state index in [0.717, 1.165) is 11.3 Å². The van der Waals surface area contributed by atoms with Crippen LogP contribution in [0.3, 0.4) is 0 Å². The number of hydrogen-bond acceptors (Lipinski definition) is 6. The van der Waals surface area contributed by atoms with E-state index in [-0.39, 0.29) is 18.0 Å². The third kappa shape index (κ3) is 4.40. The Bertz CT molecular complexity index is 751. The van der Waals surface area contributed by atoms with Crippen molar-refractivity contribution in [1.29, 1.82) is 0 Å². The van der Waals surface area contributed by atoms with Crippen molar-refractivity contribution >= 4 is 17.8 Å². The van der Waals surface area contributed by atoms with Gasteiger partial charge in [0, 0.05) is 11.6 Å². The molecule has 2 rings (SSSR count). The topological polar surface area (TPSA) is 107 Å². The molecule has 0 atom stereocenters. The molecule has 2 aromatic rings. The molecule has 0 radical (unpaired) electrons. The predicted molar refractivity (Wildman–Crippen MR) is 82.5 cm³/mol. The summed E-state index contributed by atoms with van der Waals surface area (Å²) in [6, 6.07) is 7.61. The first-order valence-corrected chi connectivity index (χ1v) is 6.72. The number of carbonyl (C=O) groups is 1. The van der Waals surface area contributed by atoms with Gasteiger partial charge in [0.2, 0.25) is 0 Å². The molecule has 0 aliphatic heterocycles. The third-order valence-electron chi connectivity index (χ3n) is 2.89. The lowest BCUT2D eigenvalue weighted by atomic mass is 10.3. The van der Waals surface area contributed by atoms with Crippen molar-refractivity contribution in [2.75, 3.05) is 6.61 Å². The van der Waals surface area contributed by atoms with Gasteiger partial charge in [-0.05, 0) is 26.0 Å². The van der Waals surface area contributed by atoms with Crippen LogP contribution in [-0.4, -0.2) is 23.7 Å². The van der Waals surface area contributed by atoms with Crippen LogP contribution in [0.1, 0.15) is 17.1 Å². The summed E-state index contributed by atoms with van der Waals surface area (Å²) in [6.45, 7) is 3.21. The number of hydrogen-bond donors (Lipinski definition) is 1. The molecule has 1 heterocycles. The van der Waals surface area contributed by atoms with E-state index in [0.29, 0.717) is 5.76 Å². The van der Waals surface area contributed by atoms with Crippen LogP contribution >= 0.6 is 0 Å². The second-order valence-electron chi connectivity index (χ2n) is 4.68. The Labute approximate surface area is 131 Å². The molecule has 1 aromatic heterocycles. The number of nitrogens with one attached hydrogen (secondary N) is 1. The Balaban J connectivity index is 1.89. The van der Waals surface area contributed by atoms with E-state index in [2.05, 4.69) is 10.5 Å². The Morgan fingerprint density at radius 2 is 2.17 bits per heavy atom. The first-order chi connectivity index (χ1) is 11.0. The lowest BCUT2D eigenvalue weighted by Crippen LogP contribution is -2.24. The molecule has 8 nitrogen and oxygen atoms in total. The molecule has 0 aliphatic rings. The second kappa shape index (κ2) is 7.21. The van der Waals surface area contributed by atoms with E-state index in [9.17, 15) is 14.9 Å². The monoisotopic (exact) mass is 317 g/mol. The fraction of sp³-hybridized carbons (Fsp3) is 0.200. The minimum absolute atomic E-state index is 0.0259. The lowest BCUT2D eigenvalue weighted by Gasteiger charge is -2.05. The fourth-order valence-corrected chi connectivity index (χ4v) is 1.86. The van der Waals surface area contributed by atoms with Gasteiger partial charge in [0.25, 0.3) is 5.91 Å². The second-order valence-corrected chi connectivity index (χ2v) is 4.68. The van der Waals surface area contributed by atoms with Gasteiger partial charge in [0.1, 0.15) is 11.5 Å². The van der Waals surface area contributed by atoms with Crippen molar-refractivity contribution in [1.82, 2.24) is 5.43 Å². The molecule has 8 heteroatoms. The highest BCUT2D eigenvalue weighted by Crippen LogP contribution is 2.25. The zero-order valence-electron chi connectivity index (χ0n) is 12.6. The quantitative estimate of drug-likeness (QED) is 0.500. The van der Waals surface area contributed by atoms with Crippen molar-refractivity contribution in [3.05, 3.63) is 57.5 Å². The van der Waals surface area contributed by atoms with Crippen LogP contribution in [0.4, 0.5) is 5.69 Å². The van der Waals surface area contributed by atoms with Crippen molar-refractivity contribution in [3.63, 3.8) is 0 Å². The predicted octanol–water partition coefficient (Wildman–Crippen LogP) is 2.33. The van der Waals surface area contributed by atoms with Gasteiger partial charge in [-0.3, -0.25) is 14.9 Å². The van der Waals surface area contributed by atoms with E-state index in [4.69, 9.17) is 9.15 Å². The summed E-state index contributed by atoms with van der Waals surface area (Å²) < 4.78 is 10.5. The Hall–Kier alpha value is -3.16. The highest BCUT2D eigenvalue weighted by atomic mass is 16.6. The van der Waals surface area contributed by atoms with Crippen molar-refractivity contribution in [2.45, 2.75) is 13.8 Å². The highest BCUT2D eigenvalue weighted by molar-refractivity contribution is 5.83. The van der Waals surface area contributed by atoms with Crippen LogP contribution in [0.15, 0.2) is 39.9 Å². The van der Waals surface area contributed by atoms with Crippen LogP contribution in [0.25, 0.3) is 0 Å². The summed E-state index contributed by atoms with van der Waals surface area (Å²) in [5, 5.41) is 14.6. The molecular formula is C15H15N3O5. The molecule has 120 valence electrons. The Morgan fingerprint density at radius 1 is 1.43 bits per heavy atom. The molecule has 0 spiro atoms. The number of rotatable bonds is 6. The minimum Gasteiger partial charge on any atom is -0.477 e. The van der Waals surface area contributed by atoms with Crippen LogP contribution < -0.4 is 10.2 Å². The number of ether oxygens (including phenoxy) is 1. The van der Waals surface area contributed by atoms with Crippen LogP contribution in [0, 0.1) is 24.0 Å². The van der Waals surface area contributed by atoms with E-state index in [1.54, 1.807) is 19.1 Å². The van der Waals surface area contributed by atoms with E-state index in [1.165, 1.54) is 24.4 Å². The zero-order valence-corrected chi connectivity index (χ0v) is 12.6. The molecule has 23 heavy (non-hydrogen) atoms. The maximum Gasteiger partial charge on any atom is 0.310 e. The van der Waals surface area contributed by atoms with Crippen LogP contribution in [-0.2, 0) is 4.79 Å². The first-order valence-electron chi connectivity index (χ1n) is 6.72. The number of nitro benzene ring substituents is 1. The number of carbonyl (C=O) groups excluding carboxylic acids is 1. The number of aryl methyl sites for hydroxylation is 2. The van der Waals surface area contributed by atoms with Gasteiger partial charge in [-0.25, -0.2) is 5.43 Å². The maximum absolute atomic E-state index is 11.6. The highest BCUT2D eigenvalue weighted by Gasteiger charge is 2.14. The fourth-order valence-electron chi connectivity index (χ4n) is 1.86. The van der Waals surface area contributed by atoms with Crippen LogP contribution in [0.5, 0.6) is 5.75 Å². The molecule has 0 unspecified atom stereocenters. The number of para-hydroxylation sites is 2. The summed E-state index contributed by atoms with van der Waals surface area (Å²) in [7, 11) is 0. The van der Waals surface area contributed by atoms with E-state index >= 15 is 0 Å². The van der Waals surface area contributed by atoms with Crippen LogP contribution in [0.2, 0.25) is 0 Å². The van der Waals surface area contributed by atoms with Crippen molar-refractivity contribution < 1.29 is 18.9 Å². The summed E-state index contributed by atoms with van der Waals surface area (Å²) in [6.07, 6.45) is 1.45. The summed E-state index contributed by atoms with van der Waals surface area (Å²) >= 11 is 0. The van der Waals surface area contributed by atoms with Gasteiger partial charge in [0.05, 0.1) is 11.1 Å². The van der Waals surface area contributed by atoms with Crippen molar-refractivity contribution in [2.24, 2.45) is 5.10 Å². The maximum atomic E-state index is 11.6. The molecule has 1 aromatic carbocycles. The van der Waals surface area contributed by atoms with Gasteiger partial charge < -0.3 is 9.15 Å². The standard InChI is InChI=1S/C15H15N3O5/c1-10-7-12(11(2)23-10)8-16-17-15(19)9-22-14-6-4-3-5-13(14)18(20)21/h3-8H,9H2,1-2H3,(H,17,19)/b16-8-. The van der Waals surface area contributed by atoms with Gasteiger partial charge in [-0.15, -0.1) is 0 Å². The Morgan fingerprint density at radius 3 is 2.83 bits per heavy atom. The largest absolute Gasteiger partial charge is 0.477 e. The molecule has 0 aliphatic carbocycles. The first kappa shape index (κ1) is 16.2. The minimum atomic E-state index is -0.574. The summed E-state index contributed by atoms with van der Waals surface area (Å²) in [5.41, 5.74) is 2.83. The number of furan rings is 1. The number of benzene rings is 1. The molecule has 0 bridgehead atoms. The molecule has 0 saturated heterocycles. The molecule has 1 N–H and O–H groups in total. The number of amides is 1. The number of hydrazone groups is 1. The summed E-state index contributed by atoms with van der Waals surface area (Å²) in [5.74, 6) is 0.932.